The maximum absolute atomic E-state index is 12.0. The summed E-state index contributed by atoms with van der Waals surface area (Å²) in [6.45, 7) is 1.89. The average Bonchev–Trinajstić information content (AvgIpc) is 2.96. The van der Waals surface area contributed by atoms with Gasteiger partial charge in [-0.15, -0.1) is 0 Å². The third kappa shape index (κ3) is 4.24. The summed E-state index contributed by atoms with van der Waals surface area (Å²) in [6.07, 6.45) is 2.77. The normalized spacial score (nSPS) is 13.7. The van der Waals surface area contributed by atoms with Crippen LogP contribution in [0, 0.1) is 0 Å². The summed E-state index contributed by atoms with van der Waals surface area (Å²) in [5, 5.41) is 13.7. The number of nitrogens with one attached hydrogen (secondary N) is 1. The van der Waals surface area contributed by atoms with Gasteiger partial charge in [-0.3, -0.25) is 4.79 Å². The minimum atomic E-state index is -0.859. The topological polar surface area (TPSA) is 54.3 Å². The van der Waals surface area contributed by atoms with E-state index in [1.54, 1.807) is 29.7 Å². The molecule has 2 atom stereocenters. The molecule has 0 radical (unpaired) electrons. The van der Waals surface area contributed by atoms with Crippen LogP contribution in [0.2, 0.25) is 10.0 Å². The molecule has 1 amide bonds. The van der Waals surface area contributed by atoms with E-state index in [4.69, 9.17) is 23.2 Å². The van der Waals surface area contributed by atoms with Crippen LogP contribution in [0.15, 0.2) is 42.7 Å². The largest absolute Gasteiger partial charge is 0.387 e. The average molecular weight is 327 g/mol. The number of aliphatic hydroxyl groups is 1. The van der Waals surface area contributed by atoms with Gasteiger partial charge in [-0.25, -0.2) is 0 Å². The summed E-state index contributed by atoms with van der Waals surface area (Å²) in [6, 6.07) is 8.21. The predicted molar refractivity (Wildman–Crippen MR) is 83.6 cm³/mol. The number of benzene rings is 1. The van der Waals surface area contributed by atoms with E-state index in [1.165, 1.54) is 0 Å². The van der Waals surface area contributed by atoms with Gasteiger partial charge in [0.2, 0.25) is 5.91 Å². The van der Waals surface area contributed by atoms with Crippen LogP contribution in [-0.4, -0.2) is 22.1 Å². The summed E-state index contributed by atoms with van der Waals surface area (Å²) < 4.78 is 1.79. The van der Waals surface area contributed by atoms with Crippen LogP contribution < -0.4 is 5.32 Å². The number of hydrogen-bond donors (Lipinski definition) is 2. The highest BCUT2D eigenvalue weighted by Crippen LogP contribution is 2.23. The van der Waals surface area contributed by atoms with Crippen LogP contribution in [0.1, 0.15) is 24.6 Å². The lowest BCUT2D eigenvalue weighted by Gasteiger charge is -2.17. The lowest BCUT2D eigenvalue weighted by molar-refractivity contribution is -0.124. The van der Waals surface area contributed by atoms with E-state index < -0.39 is 6.10 Å². The fourth-order valence-electron chi connectivity index (χ4n) is 1.97. The highest BCUT2D eigenvalue weighted by Gasteiger charge is 2.16. The van der Waals surface area contributed by atoms with Gasteiger partial charge in [0.05, 0.1) is 6.10 Å². The minimum Gasteiger partial charge on any atom is -0.387 e. The van der Waals surface area contributed by atoms with Crippen LogP contribution in [0.25, 0.3) is 0 Å². The maximum Gasteiger partial charge on any atom is 0.242 e. The molecule has 0 aliphatic carbocycles. The molecule has 21 heavy (non-hydrogen) atoms. The van der Waals surface area contributed by atoms with Gasteiger partial charge in [0.1, 0.15) is 6.04 Å². The maximum atomic E-state index is 12.0. The molecule has 1 aromatic carbocycles. The molecular weight excluding hydrogens is 311 g/mol. The van der Waals surface area contributed by atoms with Gasteiger partial charge in [0, 0.05) is 29.0 Å². The molecule has 1 heterocycles. The first-order chi connectivity index (χ1) is 9.97. The van der Waals surface area contributed by atoms with Crippen molar-refractivity contribution in [1.29, 1.82) is 0 Å². The lowest BCUT2D eigenvalue weighted by atomic mass is 10.1. The van der Waals surface area contributed by atoms with Crippen molar-refractivity contribution in [1.82, 2.24) is 9.88 Å². The summed E-state index contributed by atoms with van der Waals surface area (Å²) >= 11 is 11.8. The van der Waals surface area contributed by atoms with Gasteiger partial charge in [-0.2, -0.15) is 0 Å². The highest BCUT2D eigenvalue weighted by atomic mass is 35.5. The third-order valence-electron chi connectivity index (χ3n) is 3.19. The molecule has 2 rings (SSSR count). The van der Waals surface area contributed by atoms with Gasteiger partial charge in [-0.05, 0) is 42.8 Å². The minimum absolute atomic E-state index is 0.0983. The molecule has 0 fully saturated rings. The number of hydrogen-bond acceptors (Lipinski definition) is 2. The molecule has 0 saturated carbocycles. The molecule has 1 aromatic heterocycles. The molecule has 2 unspecified atom stereocenters. The monoisotopic (exact) mass is 326 g/mol. The smallest absolute Gasteiger partial charge is 0.242 e. The number of carbonyl (C=O) groups excluding carboxylic acids is 1. The molecule has 0 aliphatic heterocycles. The molecular formula is C15H16Cl2N2O2. The third-order valence-corrected chi connectivity index (χ3v) is 3.63. The molecule has 112 valence electrons. The van der Waals surface area contributed by atoms with Gasteiger partial charge >= 0.3 is 0 Å². The first-order valence-electron chi connectivity index (χ1n) is 6.51. The van der Waals surface area contributed by atoms with E-state index in [9.17, 15) is 9.90 Å². The molecule has 4 nitrogen and oxygen atoms in total. The Bertz CT molecular complexity index is 594. The van der Waals surface area contributed by atoms with Crippen LogP contribution in [0.3, 0.4) is 0 Å². The van der Waals surface area contributed by atoms with Crippen LogP contribution in [-0.2, 0) is 4.79 Å². The van der Waals surface area contributed by atoms with E-state index >= 15 is 0 Å². The second-order valence-corrected chi connectivity index (χ2v) is 5.64. The van der Waals surface area contributed by atoms with Crippen LogP contribution in [0.4, 0.5) is 0 Å². The van der Waals surface area contributed by atoms with E-state index in [-0.39, 0.29) is 18.5 Å². The summed E-state index contributed by atoms with van der Waals surface area (Å²) in [7, 11) is 0. The van der Waals surface area contributed by atoms with Crippen LogP contribution >= 0.6 is 23.2 Å². The van der Waals surface area contributed by atoms with Crippen molar-refractivity contribution >= 4 is 29.1 Å². The second kappa shape index (κ2) is 6.98. The SMILES string of the molecule is CC(C(=O)NCC(O)c1cc(Cl)cc(Cl)c1)n1cccc1. The number of rotatable bonds is 5. The quantitative estimate of drug-likeness (QED) is 0.886. The van der Waals surface area contributed by atoms with Gasteiger partial charge in [-0.1, -0.05) is 23.2 Å². The fourth-order valence-corrected chi connectivity index (χ4v) is 2.51. The molecule has 2 aromatic rings. The Kier molecular flexibility index (Phi) is 5.28. The van der Waals surface area contributed by atoms with Crippen molar-refractivity contribution in [2.45, 2.75) is 19.1 Å². The second-order valence-electron chi connectivity index (χ2n) is 4.77. The lowest BCUT2D eigenvalue weighted by Crippen LogP contribution is -2.33. The Hall–Kier alpha value is -1.49. The Balaban J connectivity index is 1.94. The van der Waals surface area contributed by atoms with Crippen molar-refractivity contribution in [3.63, 3.8) is 0 Å². The van der Waals surface area contributed by atoms with Gasteiger partial charge in [0.25, 0.3) is 0 Å². The first kappa shape index (κ1) is 15.9. The zero-order valence-corrected chi connectivity index (χ0v) is 13.0. The van der Waals surface area contributed by atoms with Crippen molar-refractivity contribution in [3.8, 4) is 0 Å². The Morgan fingerprint density at radius 2 is 1.81 bits per heavy atom. The van der Waals surface area contributed by atoms with Crippen LogP contribution in [0.5, 0.6) is 0 Å². The summed E-state index contributed by atoms with van der Waals surface area (Å²) in [5.41, 5.74) is 0.571. The van der Waals surface area contributed by atoms with Crippen molar-refractivity contribution < 1.29 is 9.90 Å². The fraction of sp³-hybridized carbons (Fsp3) is 0.267. The molecule has 6 heteroatoms. The molecule has 0 bridgehead atoms. The predicted octanol–water partition coefficient (Wildman–Crippen LogP) is 3.21. The molecule has 0 spiro atoms. The summed E-state index contributed by atoms with van der Waals surface area (Å²) in [5.74, 6) is -0.168. The van der Waals surface area contributed by atoms with Gasteiger partial charge in [0.15, 0.2) is 0 Å². The Morgan fingerprint density at radius 1 is 1.24 bits per heavy atom. The van der Waals surface area contributed by atoms with E-state index in [1.807, 2.05) is 24.5 Å². The van der Waals surface area contributed by atoms with E-state index in [2.05, 4.69) is 5.32 Å². The highest BCUT2D eigenvalue weighted by molar-refractivity contribution is 6.34. The standard InChI is InChI=1S/C15H16Cl2N2O2/c1-10(19-4-2-3-5-19)15(21)18-9-14(20)11-6-12(16)8-13(17)7-11/h2-8,10,14,20H,9H2,1H3,(H,18,21). The Morgan fingerprint density at radius 3 is 2.38 bits per heavy atom. The number of halogens is 2. The van der Waals surface area contributed by atoms with Gasteiger partial charge < -0.3 is 15.0 Å². The zero-order valence-electron chi connectivity index (χ0n) is 11.5. The number of aromatic nitrogens is 1. The summed E-state index contributed by atoms with van der Waals surface area (Å²) in [4.78, 5) is 12.0. The van der Waals surface area contributed by atoms with E-state index in [0.717, 1.165) is 0 Å². The molecule has 0 aliphatic rings. The van der Waals surface area contributed by atoms with Crippen molar-refractivity contribution in [2.75, 3.05) is 6.54 Å². The Labute approximate surface area is 133 Å². The number of carbonyl (C=O) groups is 1. The number of amides is 1. The number of aliphatic hydroxyl groups excluding tert-OH is 1. The van der Waals surface area contributed by atoms with Crippen molar-refractivity contribution in [3.05, 3.63) is 58.3 Å². The zero-order chi connectivity index (χ0) is 15.4. The molecule has 2 N–H and O–H groups in total. The van der Waals surface area contributed by atoms with E-state index in [0.29, 0.717) is 15.6 Å². The van der Waals surface area contributed by atoms with Crippen molar-refractivity contribution in [2.24, 2.45) is 0 Å². The molecule has 0 saturated heterocycles. The first-order valence-corrected chi connectivity index (χ1v) is 7.27. The number of nitrogens with zero attached hydrogens (tertiary/aromatic N) is 1.